The molecule has 0 saturated heterocycles. The second-order valence-corrected chi connectivity index (χ2v) is 4.67. The van der Waals surface area contributed by atoms with Crippen LogP contribution in [0.2, 0.25) is 0 Å². The van der Waals surface area contributed by atoms with Crippen LogP contribution in [-0.4, -0.2) is 23.0 Å². The molecule has 17 heavy (non-hydrogen) atoms. The first kappa shape index (κ1) is 22.7. The van der Waals surface area contributed by atoms with Crippen LogP contribution >= 0.6 is 0 Å². The molecule has 2 fully saturated rings. The van der Waals surface area contributed by atoms with Crippen molar-refractivity contribution in [2.45, 2.75) is 76.3 Å². The van der Waals surface area contributed by atoms with E-state index in [1.54, 1.807) is 0 Å². The molecule has 0 unspecified atom stereocenters. The molecule has 0 bridgehead atoms. The van der Waals surface area contributed by atoms with Crippen molar-refractivity contribution in [1.29, 1.82) is 0 Å². The Morgan fingerprint density at radius 1 is 0.529 bits per heavy atom. The van der Waals surface area contributed by atoms with Gasteiger partial charge in [0.15, 0.2) is 0 Å². The van der Waals surface area contributed by atoms with Crippen LogP contribution in [0.3, 0.4) is 0 Å². The number of rotatable bonds is 0. The summed E-state index contributed by atoms with van der Waals surface area (Å²) in [4.78, 5) is 0. The molecule has 0 aromatic carbocycles. The minimum atomic E-state index is 0. The van der Waals surface area contributed by atoms with Gasteiger partial charge >= 0.3 is 21.1 Å². The smallest absolute Gasteiger partial charge is 0.870 e. The predicted molar refractivity (Wildman–Crippen MR) is 66.3 cm³/mol. The fourth-order valence-corrected chi connectivity index (χ4v) is 2.21. The van der Waals surface area contributed by atoms with E-state index in [1.165, 1.54) is 38.5 Å². The molecule has 2 aliphatic carbocycles. The largest absolute Gasteiger partial charge is 2.00 e. The minimum absolute atomic E-state index is 0. The SMILES string of the molecule is [NH-]C1CCCCC1.[NH-]C1CCCCC1.[OH-].[OH-].[Pt+2]. The molecule has 2 saturated carbocycles. The number of hydrogen-bond acceptors (Lipinski definition) is 2. The van der Waals surface area contributed by atoms with Gasteiger partial charge in [0.2, 0.25) is 0 Å². The molecule has 0 spiro atoms. The Kier molecular flexibility index (Phi) is 19.5. The molecular weight excluding hydrogens is 399 g/mol. The third kappa shape index (κ3) is 12.8. The van der Waals surface area contributed by atoms with Gasteiger partial charge in [-0.2, -0.15) is 0 Å². The molecule has 5 heteroatoms. The van der Waals surface area contributed by atoms with Gasteiger partial charge in [0.1, 0.15) is 0 Å². The van der Waals surface area contributed by atoms with Gasteiger partial charge in [-0.25, -0.2) is 0 Å². The molecule has 4 N–H and O–H groups in total. The van der Waals surface area contributed by atoms with Crippen molar-refractivity contribution < 1.29 is 32.0 Å². The van der Waals surface area contributed by atoms with E-state index in [0.717, 1.165) is 25.7 Å². The Morgan fingerprint density at radius 2 is 0.765 bits per heavy atom. The Labute approximate surface area is 120 Å². The fourth-order valence-electron chi connectivity index (χ4n) is 2.21. The van der Waals surface area contributed by atoms with Gasteiger partial charge in [-0.05, 0) is 0 Å². The van der Waals surface area contributed by atoms with Crippen LogP contribution in [-0.2, 0) is 21.1 Å². The third-order valence-corrected chi connectivity index (χ3v) is 3.21. The van der Waals surface area contributed by atoms with E-state index in [-0.39, 0.29) is 44.1 Å². The molecule has 0 aromatic heterocycles. The van der Waals surface area contributed by atoms with Crippen LogP contribution < -0.4 is 0 Å². The maximum Gasteiger partial charge on any atom is 2.00 e. The summed E-state index contributed by atoms with van der Waals surface area (Å²) < 4.78 is 0. The van der Waals surface area contributed by atoms with Gasteiger partial charge < -0.3 is 22.4 Å². The molecule has 2 aliphatic rings. The van der Waals surface area contributed by atoms with Gasteiger partial charge in [-0.3, -0.25) is 0 Å². The van der Waals surface area contributed by atoms with Crippen molar-refractivity contribution in [2.24, 2.45) is 0 Å². The summed E-state index contributed by atoms with van der Waals surface area (Å²) in [5, 5.41) is 0. The maximum atomic E-state index is 7.27. The summed E-state index contributed by atoms with van der Waals surface area (Å²) in [6.07, 6.45) is 12.6. The van der Waals surface area contributed by atoms with Gasteiger partial charge in [-0.15, -0.1) is 12.1 Å². The van der Waals surface area contributed by atoms with Crippen LogP contribution in [0.4, 0.5) is 0 Å². The van der Waals surface area contributed by atoms with Crippen molar-refractivity contribution in [1.82, 2.24) is 0 Å². The average molecular weight is 425 g/mol. The molecule has 0 aromatic rings. The van der Waals surface area contributed by atoms with Gasteiger partial charge in [0, 0.05) is 0 Å². The van der Waals surface area contributed by atoms with Crippen molar-refractivity contribution in [3.05, 3.63) is 11.5 Å². The quantitative estimate of drug-likeness (QED) is 0.574. The Balaban J connectivity index is -0.000000196. The summed E-state index contributed by atoms with van der Waals surface area (Å²) in [7, 11) is 0. The average Bonchev–Trinajstić information content (AvgIpc) is 2.21. The van der Waals surface area contributed by atoms with Gasteiger partial charge in [0.05, 0.1) is 0 Å². The Hall–Kier alpha value is 0.528. The van der Waals surface area contributed by atoms with E-state index in [9.17, 15) is 0 Å². The third-order valence-electron chi connectivity index (χ3n) is 3.21. The van der Waals surface area contributed by atoms with E-state index in [1.807, 2.05) is 0 Å². The normalized spacial score (nSPS) is 20.8. The summed E-state index contributed by atoms with van der Waals surface area (Å²) in [6.45, 7) is 0. The second-order valence-electron chi connectivity index (χ2n) is 4.67. The van der Waals surface area contributed by atoms with Crippen LogP contribution in [0, 0.1) is 0 Å². The minimum Gasteiger partial charge on any atom is -0.870 e. The maximum absolute atomic E-state index is 7.27. The zero-order valence-corrected chi connectivity index (χ0v) is 12.7. The first-order chi connectivity index (χ1) is 6.79. The summed E-state index contributed by atoms with van der Waals surface area (Å²) >= 11 is 0. The standard InChI is InChI=1S/2C6H12N.2H2O.Pt/c2*7-6-4-2-1-3-5-6;;;/h2*6-7H,1-5H2;2*1H2;/q2*-1;;;+2/p-2. The summed E-state index contributed by atoms with van der Waals surface area (Å²) in [5.41, 5.74) is 14.5. The molecule has 0 amide bonds. The zero-order valence-electron chi connectivity index (χ0n) is 10.4. The van der Waals surface area contributed by atoms with Crippen LogP contribution in [0.25, 0.3) is 11.5 Å². The summed E-state index contributed by atoms with van der Waals surface area (Å²) in [5.74, 6) is 0. The molecule has 2 rings (SSSR count). The predicted octanol–water partition coefficient (Wildman–Crippen LogP) is 4.39. The van der Waals surface area contributed by atoms with Crippen LogP contribution in [0.15, 0.2) is 0 Å². The number of hydrogen-bond donors (Lipinski definition) is 0. The molecular formula is C12H26N2O2Pt-2. The first-order valence-corrected chi connectivity index (χ1v) is 6.21. The number of nitrogens with one attached hydrogen (secondary N) is 2. The van der Waals surface area contributed by atoms with Gasteiger partial charge in [0.25, 0.3) is 0 Å². The monoisotopic (exact) mass is 425 g/mol. The zero-order chi connectivity index (χ0) is 10.2. The molecule has 4 nitrogen and oxygen atoms in total. The van der Waals surface area contributed by atoms with E-state index in [2.05, 4.69) is 0 Å². The molecule has 0 radical (unpaired) electrons. The van der Waals surface area contributed by atoms with E-state index in [4.69, 9.17) is 11.5 Å². The molecule has 0 heterocycles. The summed E-state index contributed by atoms with van der Waals surface area (Å²) in [6, 6.07) is 0.572. The van der Waals surface area contributed by atoms with Crippen molar-refractivity contribution >= 4 is 0 Å². The Morgan fingerprint density at radius 3 is 0.882 bits per heavy atom. The fraction of sp³-hybridized carbons (Fsp3) is 1.00. The van der Waals surface area contributed by atoms with Crippen molar-refractivity contribution in [2.75, 3.05) is 0 Å². The van der Waals surface area contributed by atoms with Crippen LogP contribution in [0.5, 0.6) is 0 Å². The van der Waals surface area contributed by atoms with Gasteiger partial charge in [-0.1, -0.05) is 64.2 Å². The van der Waals surface area contributed by atoms with Crippen molar-refractivity contribution in [3.63, 3.8) is 0 Å². The van der Waals surface area contributed by atoms with E-state index < -0.39 is 0 Å². The Bertz CT molecular complexity index is 122. The molecule has 108 valence electrons. The van der Waals surface area contributed by atoms with E-state index in [0.29, 0.717) is 0 Å². The molecule has 0 atom stereocenters. The van der Waals surface area contributed by atoms with E-state index >= 15 is 0 Å². The first-order valence-electron chi connectivity index (χ1n) is 6.21. The molecule has 0 aliphatic heterocycles. The topological polar surface area (TPSA) is 108 Å². The van der Waals surface area contributed by atoms with Crippen LogP contribution in [0.1, 0.15) is 64.2 Å². The van der Waals surface area contributed by atoms with Crippen molar-refractivity contribution in [3.8, 4) is 0 Å². The second kappa shape index (κ2) is 14.6.